The highest BCUT2D eigenvalue weighted by Gasteiger charge is 2.26. The Labute approximate surface area is 172 Å². The molecule has 2 aromatic carbocycles. The second kappa shape index (κ2) is 8.49. The summed E-state index contributed by atoms with van der Waals surface area (Å²) in [6.45, 7) is 5.36. The molecule has 29 heavy (non-hydrogen) atoms. The molecule has 0 N–H and O–H groups in total. The fourth-order valence-corrected chi connectivity index (χ4v) is 5.10. The predicted molar refractivity (Wildman–Crippen MR) is 113 cm³/mol. The van der Waals surface area contributed by atoms with Crippen molar-refractivity contribution in [3.63, 3.8) is 0 Å². The molecule has 6 nitrogen and oxygen atoms in total. The minimum atomic E-state index is -3.44. The van der Waals surface area contributed by atoms with Crippen LogP contribution in [0.4, 0.5) is 0 Å². The first kappa shape index (κ1) is 19.8. The highest BCUT2D eigenvalue weighted by atomic mass is 32.2. The Morgan fingerprint density at radius 1 is 0.931 bits per heavy atom. The van der Waals surface area contributed by atoms with E-state index < -0.39 is 10.0 Å². The van der Waals surface area contributed by atoms with Crippen molar-refractivity contribution in [1.82, 2.24) is 19.0 Å². The first-order valence-electron chi connectivity index (χ1n) is 9.90. The van der Waals surface area contributed by atoms with E-state index in [-0.39, 0.29) is 0 Å². The molecule has 7 heteroatoms. The summed E-state index contributed by atoms with van der Waals surface area (Å²) in [5, 5.41) is 4.46. The molecule has 0 saturated carbocycles. The Bertz CT molecular complexity index is 1050. The number of nitrogens with zero attached hydrogens (tertiary/aromatic N) is 4. The molecule has 0 radical (unpaired) electrons. The molecule has 1 aliphatic rings. The normalized spacial score (nSPS) is 16.6. The quantitative estimate of drug-likeness (QED) is 0.649. The number of benzene rings is 2. The lowest BCUT2D eigenvalue weighted by Gasteiger charge is -2.21. The van der Waals surface area contributed by atoms with Gasteiger partial charge in [-0.05, 0) is 44.2 Å². The van der Waals surface area contributed by atoms with Crippen molar-refractivity contribution < 1.29 is 8.42 Å². The van der Waals surface area contributed by atoms with Gasteiger partial charge in [0.25, 0.3) is 0 Å². The zero-order valence-corrected chi connectivity index (χ0v) is 17.4. The van der Waals surface area contributed by atoms with Gasteiger partial charge in [-0.2, -0.15) is 9.40 Å². The van der Waals surface area contributed by atoms with Crippen molar-refractivity contribution in [3.05, 3.63) is 78.1 Å². The fraction of sp³-hybridized carbons (Fsp3) is 0.318. The van der Waals surface area contributed by atoms with E-state index in [2.05, 4.69) is 10.00 Å². The summed E-state index contributed by atoms with van der Waals surface area (Å²) >= 11 is 0. The molecule has 1 aromatic heterocycles. The van der Waals surface area contributed by atoms with Crippen LogP contribution in [-0.4, -0.2) is 53.6 Å². The fourth-order valence-electron chi connectivity index (χ4n) is 3.63. The molecule has 0 unspecified atom stereocenters. The van der Waals surface area contributed by atoms with E-state index in [1.54, 1.807) is 16.4 Å². The van der Waals surface area contributed by atoms with E-state index in [9.17, 15) is 8.42 Å². The monoisotopic (exact) mass is 410 g/mol. The van der Waals surface area contributed by atoms with Gasteiger partial charge in [-0.3, -0.25) is 4.90 Å². The predicted octanol–water partition coefficient (Wildman–Crippen LogP) is 3.08. The number of hydrogen-bond donors (Lipinski definition) is 0. The largest absolute Gasteiger partial charge is 0.298 e. The van der Waals surface area contributed by atoms with Crippen molar-refractivity contribution in [2.45, 2.75) is 24.8 Å². The Morgan fingerprint density at radius 2 is 1.69 bits per heavy atom. The van der Waals surface area contributed by atoms with E-state index >= 15 is 0 Å². The SMILES string of the molecule is Cc1ccc(S(=O)(=O)N2CCCN(Cc3cnn(-c4ccccc4)c3)CC2)cc1. The Kier molecular flexibility index (Phi) is 5.80. The number of hydrogen-bond acceptors (Lipinski definition) is 4. The molecule has 3 aromatic rings. The van der Waals surface area contributed by atoms with Crippen LogP contribution in [0, 0.1) is 6.92 Å². The third-order valence-corrected chi connectivity index (χ3v) is 7.18. The van der Waals surface area contributed by atoms with Crippen LogP contribution in [0.5, 0.6) is 0 Å². The second-order valence-electron chi connectivity index (χ2n) is 7.48. The lowest BCUT2D eigenvalue weighted by atomic mass is 10.2. The molecular formula is C22H26N4O2S. The first-order chi connectivity index (χ1) is 14.0. The highest BCUT2D eigenvalue weighted by molar-refractivity contribution is 7.89. The minimum Gasteiger partial charge on any atom is -0.298 e. The zero-order valence-electron chi connectivity index (χ0n) is 16.6. The molecule has 0 spiro atoms. The standard InChI is InChI=1S/C22H26N4O2S/c1-19-8-10-22(11-9-19)29(27,28)25-13-5-12-24(14-15-25)17-20-16-23-26(18-20)21-6-3-2-4-7-21/h2-4,6-11,16,18H,5,12-15,17H2,1H3. The first-order valence-corrected chi connectivity index (χ1v) is 11.3. The molecule has 1 fully saturated rings. The maximum atomic E-state index is 13.0. The molecular weight excluding hydrogens is 384 g/mol. The molecule has 4 rings (SSSR count). The number of para-hydroxylation sites is 1. The number of aromatic nitrogens is 2. The zero-order chi connectivity index (χ0) is 20.3. The van der Waals surface area contributed by atoms with Crippen LogP contribution >= 0.6 is 0 Å². The third kappa shape index (κ3) is 4.58. The van der Waals surface area contributed by atoms with Crippen LogP contribution in [0.1, 0.15) is 17.5 Å². The van der Waals surface area contributed by atoms with Gasteiger partial charge in [0.2, 0.25) is 10.0 Å². The molecule has 1 aliphatic heterocycles. The lowest BCUT2D eigenvalue weighted by molar-refractivity contribution is 0.278. The van der Waals surface area contributed by atoms with E-state index in [1.807, 2.05) is 66.5 Å². The van der Waals surface area contributed by atoms with Gasteiger partial charge in [-0.1, -0.05) is 35.9 Å². The summed E-state index contributed by atoms with van der Waals surface area (Å²) in [7, 11) is -3.44. The van der Waals surface area contributed by atoms with Crippen LogP contribution in [0.15, 0.2) is 71.9 Å². The molecule has 0 aliphatic carbocycles. The maximum absolute atomic E-state index is 13.0. The van der Waals surface area contributed by atoms with Crippen molar-refractivity contribution in [2.24, 2.45) is 0 Å². The maximum Gasteiger partial charge on any atom is 0.243 e. The Balaban J connectivity index is 1.40. The van der Waals surface area contributed by atoms with Crippen LogP contribution in [0.3, 0.4) is 0 Å². The molecule has 0 bridgehead atoms. The molecule has 0 atom stereocenters. The topological polar surface area (TPSA) is 58.4 Å². The van der Waals surface area contributed by atoms with Gasteiger partial charge in [0.1, 0.15) is 0 Å². The number of aryl methyl sites for hydroxylation is 1. The highest BCUT2D eigenvalue weighted by Crippen LogP contribution is 2.19. The van der Waals surface area contributed by atoms with Gasteiger partial charge >= 0.3 is 0 Å². The molecule has 2 heterocycles. The summed E-state index contributed by atoms with van der Waals surface area (Å²) in [6.07, 6.45) is 4.75. The van der Waals surface area contributed by atoms with Crippen LogP contribution < -0.4 is 0 Å². The van der Waals surface area contributed by atoms with Crippen molar-refractivity contribution in [3.8, 4) is 5.69 Å². The van der Waals surface area contributed by atoms with Gasteiger partial charge in [0.15, 0.2) is 0 Å². The lowest BCUT2D eigenvalue weighted by Crippen LogP contribution is -2.35. The molecule has 0 amide bonds. The average Bonchev–Trinajstić information content (AvgIpc) is 3.06. The summed E-state index contributed by atoms with van der Waals surface area (Å²) < 4.78 is 29.4. The summed E-state index contributed by atoms with van der Waals surface area (Å²) in [5.41, 5.74) is 3.22. The Morgan fingerprint density at radius 3 is 2.45 bits per heavy atom. The second-order valence-corrected chi connectivity index (χ2v) is 9.41. The van der Waals surface area contributed by atoms with Crippen molar-refractivity contribution in [1.29, 1.82) is 0 Å². The summed E-state index contributed by atoms with van der Waals surface area (Å²) in [4.78, 5) is 2.68. The minimum absolute atomic E-state index is 0.376. The Hall–Kier alpha value is -2.48. The number of rotatable bonds is 5. The third-order valence-electron chi connectivity index (χ3n) is 5.27. The molecule has 1 saturated heterocycles. The van der Waals surface area contributed by atoms with E-state index in [4.69, 9.17) is 0 Å². The number of sulfonamides is 1. The van der Waals surface area contributed by atoms with Crippen LogP contribution in [-0.2, 0) is 16.6 Å². The average molecular weight is 411 g/mol. The van der Waals surface area contributed by atoms with E-state index in [0.717, 1.165) is 36.3 Å². The van der Waals surface area contributed by atoms with Gasteiger partial charge < -0.3 is 0 Å². The summed E-state index contributed by atoms with van der Waals surface area (Å²) in [6, 6.07) is 17.1. The smallest absolute Gasteiger partial charge is 0.243 e. The van der Waals surface area contributed by atoms with Gasteiger partial charge in [-0.15, -0.1) is 0 Å². The van der Waals surface area contributed by atoms with Crippen LogP contribution in [0.2, 0.25) is 0 Å². The van der Waals surface area contributed by atoms with Crippen LogP contribution in [0.25, 0.3) is 5.69 Å². The van der Waals surface area contributed by atoms with Gasteiger partial charge in [0.05, 0.1) is 16.8 Å². The van der Waals surface area contributed by atoms with Crippen molar-refractivity contribution >= 4 is 10.0 Å². The van der Waals surface area contributed by atoms with E-state index in [1.165, 1.54) is 0 Å². The van der Waals surface area contributed by atoms with E-state index in [0.29, 0.717) is 24.5 Å². The van der Waals surface area contributed by atoms with Gasteiger partial charge in [0, 0.05) is 37.9 Å². The van der Waals surface area contributed by atoms with Gasteiger partial charge in [-0.25, -0.2) is 13.1 Å². The molecule has 152 valence electrons. The summed E-state index contributed by atoms with van der Waals surface area (Å²) in [5.74, 6) is 0. The van der Waals surface area contributed by atoms with Crippen molar-refractivity contribution in [2.75, 3.05) is 26.2 Å².